The van der Waals surface area contributed by atoms with Crippen molar-refractivity contribution in [1.29, 1.82) is 0 Å². The first-order chi connectivity index (χ1) is 13.2. The molecular weight excluding hydrogens is 505 g/mol. The van der Waals surface area contributed by atoms with Crippen LogP contribution in [0.5, 0.6) is 0 Å². The van der Waals surface area contributed by atoms with Crippen LogP contribution in [-0.4, -0.2) is 33.0 Å². The SMILES string of the molecule is CCNC(=NCc1cccc(S(=O)(=O)NC)c1)NCc1ncc(C(C)(C)C)o1.I. The van der Waals surface area contributed by atoms with Crippen molar-refractivity contribution < 1.29 is 12.8 Å². The van der Waals surface area contributed by atoms with Gasteiger partial charge in [0.2, 0.25) is 15.9 Å². The molecule has 2 aromatic rings. The van der Waals surface area contributed by atoms with Crippen LogP contribution in [-0.2, 0) is 28.5 Å². The lowest BCUT2D eigenvalue weighted by molar-refractivity contribution is 0.379. The van der Waals surface area contributed by atoms with E-state index in [4.69, 9.17) is 4.42 Å². The minimum absolute atomic E-state index is 0. The van der Waals surface area contributed by atoms with Gasteiger partial charge in [-0.25, -0.2) is 23.1 Å². The average Bonchev–Trinajstić information content (AvgIpc) is 3.14. The number of benzene rings is 1. The van der Waals surface area contributed by atoms with Gasteiger partial charge in [0.1, 0.15) is 5.76 Å². The molecule has 0 spiro atoms. The molecule has 0 unspecified atom stereocenters. The Kier molecular flexibility index (Phi) is 9.56. The predicted molar refractivity (Wildman–Crippen MR) is 125 cm³/mol. The molecule has 0 aliphatic carbocycles. The summed E-state index contributed by atoms with van der Waals surface area (Å²) >= 11 is 0. The van der Waals surface area contributed by atoms with Gasteiger partial charge in [0.05, 0.1) is 24.2 Å². The van der Waals surface area contributed by atoms with E-state index in [2.05, 4.69) is 46.1 Å². The van der Waals surface area contributed by atoms with E-state index in [0.717, 1.165) is 11.3 Å². The third-order valence-electron chi connectivity index (χ3n) is 3.94. The van der Waals surface area contributed by atoms with Gasteiger partial charge >= 0.3 is 0 Å². The Balaban J connectivity index is 0.00000420. The number of aromatic nitrogens is 1. The van der Waals surface area contributed by atoms with E-state index < -0.39 is 10.0 Å². The highest BCUT2D eigenvalue weighted by atomic mass is 127. The summed E-state index contributed by atoms with van der Waals surface area (Å²) in [6.07, 6.45) is 1.74. The molecule has 3 N–H and O–H groups in total. The second-order valence-electron chi connectivity index (χ2n) is 7.27. The molecule has 29 heavy (non-hydrogen) atoms. The monoisotopic (exact) mass is 535 g/mol. The second-order valence-corrected chi connectivity index (χ2v) is 9.16. The highest BCUT2D eigenvalue weighted by Crippen LogP contribution is 2.22. The molecule has 0 fully saturated rings. The maximum absolute atomic E-state index is 11.9. The van der Waals surface area contributed by atoms with Crippen LogP contribution in [0.25, 0.3) is 0 Å². The molecule has 0 saturated heterocycles. The Labute approximate surface area is 190 Å². The first-order valence-corrected chi connectivity index (χ1v) is 10.6. The van der Waals surface area contributed by atoms with Gasteiger partial charge in [0.25, 0.3) is 0 Å². The first-order valence-electron chi connectivity index (χ1n) is 9.15. The molecule has 0 aliphatic heterocycles. The number of nitrogens with zero attached hydrogens (tertiary/aromatic N) is 2. The van der Waals surface area contributed by atoms with E-state index in [1.54, 1.807) is 24.4 Å². The van der Waals surface area contributed by atoms with Gasteiger partial charge in [0, 0.05) is 12.0 Å². The number of aliphatic imine (C=N–C) groups is 1. The average molecular weight is 535 g/mol. The Morgan fingerprint density at radius 1 is 1.24 bits per heavy atom. The normalized spacial score (nSPS) is 12.4. The summed E-state index contributed by atoms with van der Waals surface area (Å²) in [6, 6.07) is 6.71. The zero-order valence-electron chi connectivity index (χ0n) is 17.4. The maximum Gasteiger partial charge on any atom is 0.240 e. The number of halogens is 1. The highest BCUT2D eigenvalue weighted by molar-refractivity contribution is 14.0. The fourth-order valence-corrected chi connectivity index (χ4v) is 3.14. The zero-order valence-corrected chi connectivity index (χ0v) is 20.6. The molecule has 2 rings (SSSR count). The van der Waals surface area contributed by atoms with Crippen molar-refractivity contribution in [3.63, 3.8) is 0 Å². The van der Waals surface area contributed by atoms with E-state index in [0.29, 0.717) is 31.5 Å². The van der Waals surface area contributed by atoms with E-state index >= 15 is 0 Å². The molecule has 8 nitrogen and oxygen atoms in total. The minimum atomic E-state index is -3.48. The molecule has 0 atom stereocenters. The van der Waals surface area contributed by atoms with Gasteiger partial charge in [-0.1, -0.05) is 32.9 Å². The first kappa shape index (κ1) is 25.4. The van der Waals surface area contributed by atoms with E-state index in [-0.39, 0.29) is 34.3 Å². The van der Waals surface area contributed by atoms with Crippen LogP contribution in [0.3, 0.4) is 0 Å². The van der Waals surface area contributed by atoms with E-state index in [1.807, 2.05) is 13.0 Å². The second kappa shape index (κ2) is 10.9. The summed E-state index contributed by atoms with van der Waals surface area (Å²) < 4.78 is 32.0. The lowest BCUT2D eigenvalue weighted by Crippen LogP contribution is -2.36. The number of nitrogens with one attached hydrogen (secondary N) is 3. The summed E-state index contributed by atoms with van der Waals surface area (Å²) in [5.74, 6) is 2.01. The van der Waals surface area contributed by atoms with Crippen LogP contribution >= 0.6 is 24.0 Å². The van der Waals surface area contributed by atoms with Crippen molar-refractivity contribution in [3.05, 3.63) is 47.7 Å². The standard InChI is InChI=1S/C19H29N5O3S.HI/c1-6-21-18(24-13-17-22-12-16(27-17)19(2,3)4)23-11-14-8-7-9-15(10-14)28(25,26)20-5;/h7-10,12,20H,6,11,13H2,1-5H3,(H2,21,23,24);1H. The highest BCUT2D eigenvalue weighted by Gasteiger charge is 2.19. The van der Waals surface area contributed by atoms with Crippen LogP contribution in [0.4, 0.5) is 0 Å². The van der Waals surface area contributed by atoms with Gasteiger partial charge < -0.3 is 15.1 Å². The number of guanidine groups is 1. The van der Waals surface area contributed by atoms with E-state index in [1.165, 1.54) is 7.05 Å². The van der Waals surface area contributed by atoms with Crippen molar-refractivity contribution in [3.8, 4) is 0 Å². The molecule has 1 aromatic carbocycles. The fourth-order valence-electron chi connectivity index (χ4n) is 2.34. The molecule has 0 bridgehead atoms. The van der Waals surface area contributed by atoms with Gasteiger partial charge in [0.15, 0.2) is 5.96 Å². The van der Waals surface area contributed by atoms with E-state index in [9.17, 15) is 8.42 Å². The van der Waals surface area contributed by atoms with Gasteiger partial charge in [-0.2, -0.15) is 0 Å². The maximum atomic E-state index is 11.9. The van der Waals surface area contributed by atoms with Crippen LogP contribution in [0, 0.1) is 0 Å². The van der Waals surface area contributed by atoms with Gasteiger partial charge in [-0.3, -0.25) is 0 Å². The topological polar surface area (TPSA) is 109 Å². The summed E-state index contributed by atoms with van der Waals surface area (Å²) in [7, 11) is -2.09. The summed E-state index contributed by atoms with van der Waals surface area (Å²) in [5, 5.41) is 6.34. The Morgan fingerprint density at radius 3 is 2.55 bits per heavy atom. The van der Waals surface area contributed by atoms with Crippen LogP contribution in [0.15, 0.2) is 44.8 Å². The third-order valence-corrected chi connectivity index (χ3v) is 5.35. The number of sulfonamides is 1. The minimum Gasteiger partial charge on any atom is -0.443 e. The van der Waals surface area contributed by atoms with Crippen LogP contribution < -0.4 is 15.4 Å². The molecule has 0 aliphatic rings. The molecule has 1 aromatic heterocycles. The molecular formula is C19H30IN5O3S. The lowest BCUT2D eigenvalue weighted by Gasteiger charge is -2.13. The fraction of sp³-hybridized carbons (Fsp3) is 0.474. The summed E-state index contributed by atoms with van der Waals surface area (Å²) in [5.41, 5.74) is 0.697. The molecule has 10 heteroatoms. The summed E-state index contributed by atoms with van der Waals surface area (Å²) in [4.78, 5) is 9.03. The molecule has 0 saturated carbocycles. The summed E-state index contributed by atoms with van der Waals surface area (Å²) in [6.45, 7) is 9.60. The van der Waals surface area contributed by atoms with Crippen LogP contribution in [0.2, 0.25) is 0 Å². The quantitative estimate of drug-likeness (QED) is 0.286. The van der Waals surface area contributed by atoms with Crippen molar-refractivity contribution in [2.45, 2.75) is 51.1 Å². The number of hydrogen-bond donors (Lipinski definition) is 3. The molecule has 0 radical (unpaired) electrons. The van der Waals surface area contributed by atoms with Gasteiger partial charge in [-0.05, 0) is 31.7 Å². The Bertz CT molecular complexity index is 920. The number of hydrogen-bond acceptors (Lipinski definition) is 5. The largest absolute Gasteiger partial charge is 0.443 e. The number of oxazole rings is 1. The van der Waals surface area contributed by atoms with Crippen molar-refractivity contribution in [2.24, 2.45) is 4.99 Å². The van der Waals surface area contributed by atoms with Crippen molar-refractivity contribution in [1.82, 2.24) is 20.3 Å². The lowest BCUT2D eigenvalue weighted by atomic mass is 9.94. The number of rotatable bonds is 7. The van der Waals surface area contributed by atoms with Crippen LogP contribution in [0.1, 0.15) is 44.9 Å². The van der Waals surface area contributed by atoms with Crippen molar-refractivity contribution >= 4 is 40.0 Å². The third kappa shape index (κ3) is 7.59. The smallest absolute Gasteiger partial charge is 0.240 e. The molecule has 162 valence electrons. The van der Waals surface area contributed by atoms with Gasteiger partial charge in [-0.15, -0.1) is 24.0 Å². The Hall–Kier alpha value is -1.66. The zero-order chi connectivity index (χ0) is 20.8. The molecule has 1 heterocycles. The Morgan fingerprint density at radius 2 is 1.97 bits per heavy atom. The van der Waals surface area contributed by atoms with Crippen molar-refractivity contribution in [2.75, 3.05) is 13.6 Å². The molecule has 0 amide bonds. The predicted octanol–water partition coefficient (Wildman–Crippen LogP) is 2.75.